The largest absolute Gasteiger partial charge is 0.400 e. The van der Waals surface area contributed by atoms with Crippen LogP contribution in [0.5, 0.6) is 0 Å². The van der Waals surface area contributed by atoms with Crippen molar-refractivity contribution in [3.05, 3.63) is 0 Å². The van der Waals surface area contributed by atoms with E-state index in [1.807, 2.05) is 0 Å². The number of ether oxygens (including phenoxy) is 1. The van der Waals surface area contributed by atoms with Crippen molar-refractivity contribution >= 4 is 11.6 Å². The first-order valence-electron chi connectivity index (χ1n) is 2.30. The third-order valence-electron chi connectivity index (χ3n) is 0.591. The molecule has 0 aromatic heterocycles. The summed E-state index contributed by atoms with van der Waals surface area (Å²) in [5.41, 5.74) is -2.77. The van der Waals surface area contributed by atoms with Gasteiger partial charge in [0.05, 0.1) is 6.61 Å². The zero-order chi connectivity index (χ0) is 7.49. The summed E-state index contributed by atoms with van der Waals surface area (Å²) >= 11 is 4.41. The van der Waals surface area contributed by atoms with Gasteiger partial charge in [0.25, 0.3) is 5.63 Å². The summed E-state index contributed by atoms with van der Waals surface area (Å²) in [6.07, 6.45) is -3.85. The van der Waals surface area contributed by atoms with Crippen molar-refractivity contribution in [2.24, 2.45) is 0 Å². The van der Waals surface area contributed by atoms with Crippen LogP contribution < -0.4 is 0 Å². The fourth-order valence-electron chi connectivity index (χ4n) is 0.255. The first-order chi connectivity index (χ1) is 4.00. The Morgan fingerprint density at radius 2 is 2.11 bits per heavy atom. The Morgan fingerprint density at radius 1 is 1.67 bits per heavy atom. The van der Waals surface area contributed by atoms with Gasteiger partial charge < -0.3 is 4.74 Å². The Hall–Kier alpha value is 0.0400. The van der Waals surface area contributed by atoms with Gasteiger partial charge in [0, 0.05) is 0 Å². The third kappa shape index (κ3) is 2.91. The first kappa shape index (κ1) is 9.04. The monoisotopic (exact) mass is 162 g/mol. The molecule has 0 heterocycles. The van der Waals surface area contributed by atoms with E-state index < -0.39 is 11.7 Å². The number of halogens is 4. The molecule has 0 rings (SSSR count). The third-order valence-corrected chi connectivity index (χ3v) is 0.845. The van der Waals surface area contributed by atoms with Gasteiger partial charge in [0.1, 0.15) is 0 Å². The number of alkyl halides is 4. The highest BCUT2D eigenvalue weighted by atomic mass is 35.5. The van der Waals surface area contributed by atoms with Crippen LogP contribution in [0.2, 0.25) is 0 Å². The molecule has 0 aliphatic rings. The molecule has 0 N–H and O–H groups in total. The Balaban J connectivity index is 3.70. The van der Waals surface area contributed by atoms with Crippen molar-refractivity contribution in [1.29, 1.82) is 0 Å². The van der Waals surface area contributed by atoms with E-state index in [0.717, 1.165) is 0 Å². The minimum atomic E-state index is -3.85. The molecule has 0 aliphatic heterocycles. The zero-order valence-electron chi connectivity index (χ0n) is 4.70. The molecule has 1 nitrogen and oxygen atoms in total. The van der Waals surface area contributed by atoms with Crippen LogP contribution in [0.15, 0.2) is 0 Å². The molecule has 0 unspecified atom stereocenters. The molecule has 0 saturated heterocycles. The molecular weight excluding hydrogens is 156 g/mol. The maximum Gasteiger partial charge on any atom is 0.400 e. The standard InChI is InChI=1S/C4H6ClF3O/c1-2-9-4(7,8)3(5)6/h3H,2H2,1H3/t3-/m1/s1. The molecule has 0 fully saturated rings. The fraction of sp³-hybridized carbons (Fsp3) is 1.00. The Bertz CT molecular complexity index is 85.9. The topological polar surface area (TPSA) is 9.23 Å². The van der Waals surface area contributed by atoms with Crippen molar-refractivity contribution in [1.82, 2.24) is 0 Å². The average Bonchev–Trinajstić information content (AvgIpc) is 1.65. The predicted octanol–water partition coefficient (Wildman–Crippen LogP) is 2.15. The normalized spacial score (nSPS) is 15.7. The lowest BCUT2D eigenvalue weighted by Gasteiger charge is -2.14. The second-order valence-electron chi connectivity index (χ2n) is 1.30. The second-order valence-corrected chi connectivity index (χ2v) is 1.68. The lowest BCUT2D eigenvalue weighted by atomic mass is 10.7. The molecule has 0 saturated carbocycles. The molecule has 5 heteroatoms. The Morgan fingerprint density at radius 3 is 2.22 bits per heavy atom. The van der Waals surface area contributed by atoms with Crippen molar-refractivity contribution in [3.63, 3.8) is 0 Å². The summed E-state index contributed by atoms with van der Waals surface area (Å²) < 4.78 is 38.8. The second kappa shape index (κ2) is 3.27. The summed E-state index contributed by atoms with van der Waals surface area (Å²) in [6, 6.07) is 0. The molecule has 0 aromatic carbocycles. The average molecular weight is 163 g/mol. The van der Waals surface area contributed by atoms with E-state index in [4.69, 9.17) is 0 Å². The SMILES string of the molecule is CCOC(F)(F)[C@@H](F)Cl. The van der Waals surface area contributed by atoms with E-state index in [1.54, 1.807) is 0 Å². The predicted molar refractivity (Wildman–Crippen MR) is 27.3 cm³/mol. The number of hydrogen-bond donors (Lipinski definition) is 0. The van der Waals surface area contributed by atoms with Gasteiger partial charge >= 0.3 is 6.11 Å². The van der Waals surface area contributed by atoms with Gasteiger partial charge in [-0.1, -0.05) is 11.6 Å². The van der Waals surface area contributed by atoms with Gasteiger partial charge in [-0.15, -0.1) is 0 Å². The van der Waals surface area contributed by atoms with Gasteiger partial charge in [-0.3, -0.25) is 0 Å². The van der Waals surface area contributed by atoms with Crippen LogP contribution >= 0.6 is 11.6 Å². The summed E-state index contributed by atoms with van der Waals surface area (Å²) in [6.45, 7) is 1.06. The quantitative estimate of drug-likeness (QED) is 0.578. The van der Waals surface area contributed by atoms with Gasteiger partial charge in [0.2, 0.25) is 0 Å². The fourth-order valence-corrected chi connectivity index (χ4v) is 0.318. The van der Waals surface area contributed by atoms with Gasteiger partial charge in [-0.05, 0) is 6.92 Å². The molecule has 1 atom stereocenters. The van der Waals surface area contributed by atoms with Crippen molar-refractivity contribution < 1.29 is 17.9 Å². The Labute approximate surface area is 55.7 Å². The lowest BCUT2D eigenvalue weighted by Crippen LogP contribution is -2.29. The van der Waals surface area contributed by atoms with E-state index in [2.05, 4.69) is 16.3 Å². The summed E-state index contributed by atoms with van der Waals surface area (Å²) in [5, 5.41) is 0. The van der Waals surface area contributed by atoms with E-state index in [-0.39, 0.29) is 6.61 Å². The van der Waals surface area contributed by atoms with E-state index in [9.17, 15) is 13.2 Å². The highest BCUT2D eigenvalue weighted by Crippen LogP contribution is 2.25. The van der Waals surface area contributed by atoms with Gasteiger partial charge in [-0.25, -0.2) is 4.39 Å². The minimum Gasteiger partial charge on any atom is -0.317 e. The Kier molecular flexibility index (Phi) is 3.28. The molecule has 56 valence electrons. The molecule has 0 spiro atoms. The zero-order valence-corrected chi connectivity index (χ0v) is 5.46. The van der Waals surface area contributed by atoms with E-state index >= 15 is 0 Å². The van der Waals surface area contributed by atoms with Crippen LogP contribution in [0.25, 0.3) is 0 Å². The minimum absolute atomic E-state index is 0.264. The van der Waals surface area contributed by atoms with Crippen molar-refractivity contribution in [2.45, 2.75) is 18.7 Å². The van der Waals surface area contributed by atoms with Crippen molar-refractivity contribution in [2.75, 3.05) is 6.61 Å². The summed E-state index contributed by atoms with van der Waals surface area (Å²) in [5.74, 6) is 0. The van der Waals surface area contributed by atoms with E-state index in [1.165, 1.54) is 6.92 Å². The molecule has 0 radical (unpaired) electrons. The van der Waals surface area contributed by atoms with E-state index in [0.29, 0.717) is 0 Å². The van der Waals surface area contributed by atoms with Crippen LogP contribution in [-0.2, 0) is 4.74 Å². The number of hydrogen-bond acceptors (Lipinski definition) is 1. The molecule has 0 bridgehead atoms. The summed E-state index contributed by atoms with van der Waals surface area (Å²) in [4.78, 5) is 0. The van der Waals surface area contributed by atoms with Crippen molar-refractivity contribution in [3.8, 4) is 0 Å². The molecule has 9 heavy (non-hydrogen) atoms. The molecule has 0 aliphatic carbocycles. The van der Waals surface area contributed by atoms with Crippen LogP contribution in [0.3, 0.4) is 0 Å². The molecular formula is C4H6ClF3O. The lowest BCUT2D eigenvalue weighted by molar-refractivity contribution is -0.253. The maximum atomic E-state index is 11.8. The van der Waals surface area contributed by atoms with Crippen LogP contribution in [0.4, 0.5) is 13.2 Å². The molecule has 0 amide bonds. The number of rotatable bonds is 3. The van der Waals surface area contributed by atoms with Crippen LogP contribution in [0.1, 0.15) is 6.92 Å². The summed E-state index contributed by atoms with van der Waals surface area (Å²) in [7, 11) is 0. The first-order valence-corrected chi connectivity index (χ1v) is 2.74. The highest BCUT2D eigenvalue weighted by molar-refractivity contribution is 6.20. The molecule has 0 aromatic rings. The van der Waals surface area contributed by atoms with Gasteiger partial charge in [-0.2, -0.15) is 8.78 Å². The maximum absolute atomic E-state index is 11.8. The smallest absolute Gasteiger partial charge is 0.317 e. The van der Waals surface area contributed by atoms with Crippen LogP contribution in [0, 0.1) is 0 Å². The highest BCUT2D eigenvalue weighted by Gasteiger charge is 2.39. The van der Waals surface area contributed by atoms with Crippen LogP contribution in [-0.4, -0.2) is 18.3 Å². The van der Waals surface area contributed by atoms with Gasteiger partial charge in [0.15, 0.2) is 0 Å².